The maximum atomic E-state index is 11.5. The van der Waals surface area contributed by atoms with Gasteiger partial charge in [0.15, 0.2) is 0 Å². The van der Waals surface area contributed by atoms with Crippen LogP contribution in [-0.2, 0) is 19.1 Å². The molecule has 0 spiro atoms. The maximum absolute atomic E-state index is 11.5. The Morgan fingerprint density at radius 1 is 1.25 bits per heavy atom. The minimum absolute atomic E-state index is 0.178. The van der Waals surface area contributed by atoms with Crippen LogP contribution in [0.15, 0.2) is 0 Å². The van der Waals surface area contributed by atoms with Crippen LogP contribution in [0.2, 0.25) is 0 Å². The fraction of sp³-hybridized carbons (Fsp3) is 0.700. The van der Waals surface area contributed by atoms with E-state index in [2.05, 4.69) is 15.4 Å². The Balaban J connectivity index is 4.02. The molecule has 0 aliphatic rings. The smallest absolute Gasteiger partial charge is 0.325 e. The SMILES string of the molecule is CCOC(=O)CNC(=O)C(CC)NC(C)=O. The van der Waals surface area contributed by atoms with Gasteiger partial charge >= 0.3 is 5.97 Å². The van der Waals surface area contributed by atoms with Gasteiger partial charge in [-0.2, -0.15) is 0 Å². The van der Waals surface area contributed by atoms with Crippen molar-refractivity contribution in [1.82, 2.24) is 10.6 Å². The third kappa shape index (κ3) is 6.00. The predicted octanol–water partition coefficient (Wildman–Crippen LogP) is -0.420. The Morgan fingerprint density at radius 2 is 1.88 bits per heavy atom. The van der Waals surface area contributed by atoms with Gasteiger partial charge in [-0.05, 0) is 13.3 Å². The van der Waals surface area contributed by atoms with Crippen LogP contribution >= 0.6 is 0 Å². The van der Waals surface area contributed by atoms with Crippen molar-refractivity contribution in [3.05, 3.63) is 0 Å². The second kappa shape index (κ2) is 7.67. The minimum Gasteiger partial charge on any atom is -0.465 e. The Hall–Kier alpha value is -1.59. The summed E-state index contributed by atoms with van der Waals surface area (Å²) in [5.41, 5.74) is 0. The van der Waals surface area contributed by atoms with Crippen LogP contribution in [0.4, 0.5) is 0 Å². The third-order valence-corrected chi connectivity index (χ3v) is 1.81. The van der Waals surface area contributed by atoms with E-state index in [1.807, 2.05) is 0 Å². The predicted molar refractivity (Wildman–Crippen MR) is 57.5 cm³/mol. The van der Waals surface area contributed by atoms with E-state index in [0.29, 0.717) is 6.42 Å². The number of amides is 2. The molecule has 0 rings (SSSR count). The number of esters is 1. The molecule has 2 amide bonds. The molecule has 92 valence electrons. The summed E-state index contributed by atoms with van der Waals surface area (Å²) in [5, 5.41) is 4.88. The highest BCUT2D eigenvalue weighted by Crippen LogP contribution is 1.91. The molecule has 0 aromatic rings. The van der Waals surface area contributed by atoms with Crippen molar-refractivity contribution < 1.29 is 19.1 Å². The molecule has 2 N–H and O–H groups in total. The average molecular weight is 230 g/mol. The number of carbonyl (C=O) groups excluding carboxylic acids is 3. The van der Waals surface area contributed by atoms with Gasteiger partial charge in [0.1, 0.15) is 12.6 Å². The van der Waals surface area contributed by atoms with Gasteiger partial charge in [-0.1, -0.05) is 6.92 Å². The van der Waals surface area contributed by atoms with Crippen molar-refractivity contribution in [2.24, 2.45) is 0 Å². The van der Waals surface area contributed by atoms with Gasteiger partial charge in [0.25, 0.3) is 0 Å². The lowest BCUT2D eigenvalue weighted by Gasteiger charge is -2.15. The zero-order valence-electron chi connectivity index (χ0n) is 9.83. The molecule has 16 heavy (non-hydrogen) atoms. The van der Waals surface area contributed by atoms with E-state index in [4.69, 9.17) is 0 Å². The second-order valence-electron chi connectivity index (χ2n) is 3.18. The van der Waals surface area contributed by atoms with E-state index in [-0.39, 0.29) is 25.0 Å². The highest BCUT2D eigenvalue weighted by Gasteiger charge is 2.17. The summed E-state index contributed by atoms with van der Waals surface area (Å²) in [4.78, 5) is 33.2. The van der Waals surface area contributed by atoms with Crippen molar-refractivity contribution in [3.63, 3.8) is 0 Å². The third-order valence-electron chi connectivity index (χ3n) is 1.81. The highest BCUT2D eigenvalue weighted by molar-refractivity contribution is 5.88. The fourth-order valence-corrected chi connectivity index (χ4v) is 1.09. The van der Waals surface area contributed by atoms with E-state index < -0.39 is 12.0 Å². The number of nitrogens with one attached hydrogen (secondary N) is 2. The monoisotopic (exact) mass is 230 g/mol. The molecule has 0 aliphatic carbocycles. The van der Waals surface area contributed by atoms with Crippen LogP contribution in [0.5, 0.6) is 0 Å². The lowest BCUT2D eigenvalue weighted by Crippen LogP contribution is -2.47. The van der Waals surface area contributed by atoms with Crippen LogP contribution in [0.25, 0.3) is 0 Å². The van der Waals surface area contributed by atoms with Gasteiger partial charge in [0, 0.05) is 6.92 Å². The van der Waals surface area contributed by atoms with E-state index >= 15 is 0 Å². The highest BCUT2D eigenvalue weighted by atomic mass is 16.5. The molecule has 1 unspecified atom stereocenters. The summed E-state index contributed by atoms with van der Waals surface area (Å²) in [6.07, 6.45) is 0.467. The topological polar surface area (TPSA) is 84.5 Å². The van der Waals surface area contributed by atoms with E-state index in [0.717, 1.165) is 0 Å². The first-order valence-electron chi connectivity index (χ1n) is 5.21. The maximum Gasteiger partial charge on any atom is 0.325 e. The van der Waals surface area contributed by atoms with Gasteiger partial charge in [-0.15, -0.1) is 0 Å². The first kappa shape index (κ1) is 14.4. The molecular formula is C10H18N2O4. The Bertz CT molecular complexity index is 266. The van der Waals surface area contributed by atoms with Crippen molar-refractivity contribution in [2.45, 2.75) is 33.2 Å². The second-order valence-corrected chi connectivity index (χ2v) is 3.18. The van der Waals surface area contributed by atoms with Crippen LogP contribution in [0, 0.1) is 0 Å². The number of rotatable bonds is 6. The lowest BCUT2D eigenvalue weighted by atomic mass is 10.2. The molecule has 1 atom stereocenters. The van der Waals surface area contributed by atoms with Crippen LogP contribution in [0.1, 0.15) is 27.2 Å². The summed E-state index contributed by atoms with van der Waals surface area (Å²) in [6, 6.07) is -0.605. The molecule has 6 heteroatoms. The molecule has 0 saturated carbocycles. The van der Waals surface area contributed by atoms with Crippen LogP contribution in [0.3, 0.4) is 0 Å². The normalized spacial score (nSPS) is 11.4. The Kier molecular flexibility index (Phi) is 6.91. The zero-order chi connectivity index (χ0) is 12.6. The van der Waals surface area contributed by atoms with Crippen molar-refractivity contribution in [3.8, 4) is 0 Å². The van der Waals surface area contributed by atoms with Gasteiger partial charge in [-0.25, -0.2) is 0 Å². The standard InChI is InChI=1S/C10H18N2O4/c1-4-8(12-7(3)13)10(15)11-6-9(14)16-5-2/h8H,4-6H2,1-3H3,(H,11,15)(H,12,13). The number of carbonyl (C=O) groups is 3. The van der Waals surface area contributed by atoms with Crippen molar-refractivity contribution in [1.29, 1.82) is 0 Å². The molecule has 0 radical (unpaired) electrons. The molecule has 0 bridgehead atoms. The summed E-state index contributed by atoms with van der Waals surface area (Å²) < 4.78 is 4.65. The number of hydrogen-bond donors (Lipinski definition) is 2. The average Bonchev–Trinajstić information content (AvgIpc) is 2.22. The fourth-order valence-electron chi connectivity index (χ4n) is 1.09. The van der Waals surface area contributed by atoms with Gasteiger partial charge in [0.05, 0.1) is 6.61 Å². The molecule has 0 aromatic carbocycles. The van der Waals surface area contributed by atoms with E-state index in [1.54, 1.807) is 13.8 Å². The van der Waals surface area contributed by atoms with E-state index in [1.165, 1.54) is 6.92 Å². The Labute approximate surface area is 94.7 Å². The molecule has 6 nitrogen and oxygen atoms in total. The Morgan fingerprint density at radius 3 is 2.31 bits per heavy atom. The van der Waals surface area contributed by atoms with Crippen molar-refractivity contribution in [2.75, 3.05) is 13.2 Å². The largest absolute Gasteiger partial charge is 0.465 e. The number of ether oxygens (including phenoxy) is 1. The summed E-state index contributed by atoms with van der Waals surface area (Å²) in [6.45, 7) is 4.89. The summed E-state index contributed by atoms with van der Waals surface area (Å²) in [7, 11) is 0. The van der Waals surface area contributed by atoms with Crippen molar-refractivity contribution >= 4 is 17.8 Å². The molecule has 0 heterocycles. The molecule has 0 aliphatic heterocycles. The first-order valence-corrected chi connectivity index (χ1v) is 5.21. The number of hydrogen-bond acceptors (Lipinski definition) is 4. The van der Waals surface area contributed by atoms with Crippen LogP contribution < -0.4 is 10.6 Å². The quantitative estimate of drug-likeness (QED) is 0.607. The first-order chi connectivity index (χ1) is 7.51. The summed E-state index contributed by atoms with van der Waals surface area (Å²) >= 11 is 0. The minimum atomic E-state index is -0.605. The molecule has 0 saturated heterocycles. The summed E-state index contributed by atoms with van der Waals surface area (Å²) in [5.74, 6) is -1.16. The molecule has 0 fully saturated rings. The van der Waals surface area contributed by atoms with E-state index in [9.17, 15) is 14.4 Å². The van der Waals surface area contributed by atoms with Gasteiger partial charge < -0.3 is 15.4 Å². The molecule has 0 aromatic heterocycles. The van der Waals surface area contributed by atoms with Crippen LogP contribution in [-0.4, -0.2) is 37.0 Å². The lowest BCUT2D eigenvalue weighted by molar-refractivity contribution is -0.143. The van der Waals surface area contributed by atoms with Gasteiger partial charge in [0.2, 0.25) is 11.8 Å². The van der Waals surface area contributed by atoms with Gasteiger partial charge in [-0.3, -0.25) is 14.4 Å². The molecular weight excluding hydrogens is 212 g/mol. The zero-order valence-corrected chi connectivity index (χ0v) is 9.83.